The van der Waals surface area contributed by atoms with E-state index in [9.17, 15) is 9.59 Å². The molecule has 10 nitrogen and oxygen atoms in total. The highest BCUT2D eigenvalue weighted by Gasteiger charge is 2.31. The molecule has 0 bridgehead atoms. The van der Waals surface area contributed by atoms with Crippen molar-refractivity contribution in [3.05, 3.63) is 47.0 Å². The second-order valence-electron chi connectivity index (χ2n) is 6.31. The van der Waals surface area contributed by atoms with Crippen molar-refractivity contribution in [2.45, 2.75) is 20.0 Å². The highest BCUT2D eigenvalue weighted by Crippen LogP contribution is 2.23. The highest BCUT2D eigenvalue weighted by molar-refractivity contribution is 5.93. The van der Waals surface area contributed by atoms with Crippen LogP contribution < -0.4 is 14.2 Å². The van der Waals surface area contributed by atoms with Gasteiger partial charge < -0.3 is 18.9 Å². The Balaban J connectivity index is 1.65. The first-order chi connectivity index (χ1) is 14.5. The summed E-state index contributed by atoms with van der Waals surface area (Å²) in [4.78, 5) is 38.2. The van der Waals surface area contributed by atoms with Crippen LogP contribution in [0.5, 0.6) is 18.0 Å². The van der Waals surface area contributed by atoms with Gasteiger partial charge in [0, 0.05) is 6.54 Å². The maximum absolute atomic E-state index is 12.7. The number of benzene rings is 1. The van der Waals surface area contributed by atoms with E-state index in [1.807, 2.05) is 37.3 Å². The van der Waals surface area contributed by atoms with Gasteiger partial charge in [0.1, 0.15) is 6.61 Å². The number of rotatable bonds is 7. The summed E-state index contributed by atoms with van der Waals surface area (Å²) in [6.45, 7) is 2.42. The van der Waals surface area contributed by atoms with Gasteiger partial charge in [-0.2, -0.15) is 0 Å². The molecule has 0 spiro atoms. The lowest BCUT2D eigenvalue weighted by atomic mass is 10.1. The zero-order valence-electron chi connectivity index (χ0n) is 17.0. The van der Waals surface area contributed by atoms with Crippen LogP contribution in [0.4, 0.5) is 4.79 Å². The Kier molecular flexibility index (Phi) is 6.79. The fourth-order valence-corrected chi connectivity index (χ4v) is 2.85. The molecule has 0 fully saturated rings. The molecule has 1 aromatic carbocycles. The van der Waals surface area contributed by atoms with Crippen LogP contribution in [0, 0.1) is 0 Å². The summed E-state index contributed by atoms with van der Waals surface area (Å²) >= 11 is 0. The van der Waals surface area contributed by atoms with Crippen LogP contribution >= 0.6 is 0 Å². The second-order valence-corrected chi connectivity index (χ2v) is 6.31. The predicted molar refractivity (Wildman–Crippen MR) is 104 cm³/mol. The summed E-state index contributed by atoms with van der Waals surface area (Å²) in [6, 6.07) is 9.01. The number of methoxy groups -OCH3 is 2. The molecule has 2 aromatic rings. The van der Waals surface area contributed by atoms with Gasteiger partial charge in [0.2, 0.25) is 0 Å². The number of aromatic nitrogens is 3. The molecule has 1 aliphatic heterocycles. The Morgan fingerprint density at radius 1 is 0.967 bits per heavy atom. The average molecular weight is 414 g/mol. The number of esters is 1. The lowest BCUT2D eigenvalue weighted by Gasteiger charge is -2.16. The Labute approximate surface area is 173 Å². The van der Waals surface area contributed by atoms with Gasteiger partial charge in [-0.15, -0.1) is 15.0 Å². The molecule has 0 aliphatic carbocycles. The van der Waals surface area contributed by atoms with Crippen LogP contribution in [-0.4, -0.2) is 59.2 Å². The van der Waals surface area contributed by atoms with Crippen molar-refractivity contribution in [1.82, 2.24) is 19.9 Å². The lowest BCUT2D eigenvalue weighted by molar-refractivity contribution is -0.130. The summed E-state index contributed by atoms with van der Waals surface area (Å²) in [5, 5.41) is 0. The van der Waals surface area contributed by atoms with Gasteiger partial charge in [0.15, 0.2) is 0 Å². The summed E-state index contributed by atoms with van der Waals surface area (Å²) in [6.07, 6.45) is 0.0765. The van der Waals surface area contributed by atoms with E-state index < -0.39 is 12.1 Å². The van der Waals surface area contributed by atoms with Crippen LogP contribution in [0.1, 0.15) is 18.9 Å². The molecule has 158 valence electrons. The number of carbonyl (C=O) groups is 2. The van der Waals surface area contributed by atoms with E-state index >= 15 is 0 Å². The van der Waals surface area contributed by atoms with Crippen LogP contribution in [-0.2, 0) is 16.1 Å². The lowest BCUT2D eigenvalue weighted by Crippen LogP contribution is -2.31. The minimum Gasteiger partial charge on any atom is -0.467 e. The van der Waals surface area contributed by atoms with E-state index in [4.69, 9.17) is 18.9 Å². The van der Waals surface area contributed by atoms with Gasteiger partial charge in [-0.1, -0.05) is 37.3 Å². The molecular formula is C20H22N4O6. The van der Waals surface area contributed by atoms with Gasteiger partial charge in [0.05, 0.1) is 26.3 Å². The van der Waals surface area contributed by atoms with Gasteiger partial charge in [-0.25, -0.2) is 9.59 Å². The maximum atomic E-state index is 12.7. The molecule has 0 atom stereocenters. The van der Waals surface area contributed by atoms with E-state index in [-0.39, 0.29) is 31.2 Å². The van der Waals surface area contributed by atoms with Crippen LogP contribution in [0.25, 0.3) is 0 Å². The van der Waals surface area contributed by atoms with Crippen LogP contribution in [0.15, 0.2) is 41.5 Å². The van der Waals surface area contributed by atoms with Crippen molar-refractivity contribution < 1.29 is 28.5 Å². The van der Waals surface area contributed by atoms with Crippen molar-refractivity contribution in [2.75, 3.05) is 27.3 Å². The number of amides is 1. The van der Waals surface area contributed by atoms with E-state index in [0.717, 1.165) is 11.1 Å². The van der Waals surface area contributed by atoms with Gasteiger partial charge in [-0.05, 0) is 17.6 Å². The van der Waals surface area contributed by atoms with E-state index in [1.165, 1.54) is 19.1 Å². The fourth-order valence-electron chi connectivity index (χ4n) is 2.85. The summed E-state index contributed by atoms with van der Waals surface area (Å²) in [5.41, 5.74) is 2.03. The van der Waals surface area contributed by atoms with Crippen LogP contribution in [0.2, 0.25) is 0 Å². The van der Waals surface area contributed by atoms with Gasteiger partial charge >= 0.3 is 30.1 Å². The molecule has 30 heavy (non-hydrogen) atoms. The first-order valence-corrected chi connectivity index (χ1v) is 9.26. The van der Waals surface area contributed by atoms with Crippen molar-refractivity contribution >= 4 is 12.1 Å². The third kappa shape index (κ3) is 5.02. The standard InChI is InChI=1S/C20H22N4O6/c1-4-14-10-24(20(26)29-12-13-8-6-5-7-9-13)11-15(14)16(25)30-19-22-17(27-2)21-18(23-19)28-3/h5-9H,4,10-12H2,1-3H3. The Morgan fingerprint density at radius 3 is 2.20 bits per heavy atom. The molecular weight excluding hydrogens is 392 g/mol. The molecule has 0 N–H and O–H groups in total. The number of ether oxygens (including phenoxy) is 4. The fraction of sp³-hybridized carbons (Fsp3) is 0.350. The first-order valence-electron chi connectivity index (χ1n) is 9.26. The van der Waals surface area contributed by atoms with E-state index in [0.29, 0.717) is 18.5 Å². The van der Waals surface area contributed by atoms with Crippen molar-refractivity contribution in [3.8, 4) is 18.0 Å². The van der Waals surface area contributed by atoms with Gasteiger partial charge in [0.25, 0.3) is 0 Å². The molecule has 0 saturated heterocycles. The average Bonchev–Trinajstić information content (AvgIpc) is 3.22. The SMILES string of the molecule is CCC1=C(C(=O)Oc2nc(OC)nc(OC)n2)CN(C(=O)OCc2ccccc2)C1. The topological polar surface area (TPSA) is 113 Å². The maximum Gasteiger partial charge on any atom is 0.410 e. The quantitative estimate of drug-likeness (QED) is 0.629. The minimum absolute atomic E-state index is 0.0492. The van der Waals surface area contributed by atoms with Crippen molar-refractivity contribution in [2.24, 2.45) is 0 Å². The molecule has 1 amide bonds. The second kappa shape index (κ2) is 9.68. The zero-order valence-corrected chi connectivity index (χ0v) is 17.0. The smallest absolute Gasteiger partial charge is 0.410 e. The Bertz CT molecular complexity index is 925. The predicted octanol–water partition coefficient (Wildman–Crippen LogP) is 2.15. The first kappa shape index (κ1) is 21.0. The Morgan fingerprint density at radius 2 is 1.60 bits per heavy atom. The highest BCUT2D eigenvalue weighted by atomic mass is 16.6. The number of hydrogen-bond acceptors (Lipinski definition) is 9. The third-order valence-corrected chi connectivity index (χ3v) is 4.42. The third-order valence-electron chi connectivity index (χ3n) is 4.42. The molecule has 0 unspecified atom stereocenters. The largest absolute Gasteiger partial charge is 0.467 e. The minimum atomic E-state index is -0.652. The molecule has 0 saturated carbocycles. The van der Waals surface area contributed by atoms with Crippen molar-refractivity contribution in [3.63, 3.8) is 0 Å². The number of nitrogens with zero attached hydrogens (tertiary/aromatic N) is 4. The van der Waals surface area contributed by atoms with Crippen molar-refractivity contribution in [1.29, 1.82) is 0 Å². The molecule has 1 aliphatic rings. The molecule has 0 radical (unpaired) electrons. The van der Waals surface area contributed by atoms with Gasteiger partial charge in [-0.3, -0.25) is 4.90 Å². The zero-order chi connectivity index (χ0) is 21.5. The monoisotopic (exact) mass is 414 g/mol. The molecule has 1 aromatic heterocycles. The number of carbonyl (C=O) groups excluding carboxylic acids is 2. The normalized spacial score (nSPS) is 13.2. The van der Waals surface area contributed by atoms with Crippen LogP contribution in [0.3, 0.4) is 0 Å². The summed E-state index contributed by atoms with van der Waals surface area (Å²) in [7, 11) is 2.74. The molecule has 10 heteroatoms. The molecule has 3 rings (SSSR count). The summed E-state index contributed by atoms with van der Waals surface area (Å²) < 4.78 is 20.5. The summed E-state index contributed by atoms with van der Waals surface area (Å²) in [5.74, 6) is -0.652. The van der Waals surface area contributed by atoms with E-state index in [1.54, 1.807) is 0 Å². The Hall–Kier alpha value is -3.69. The number of hydrogen-bond donors (Lipinski definition) is 0. The molecule has 2 heterocycles. The van der Waals surface area contributed by atoms with E-state index in [2.05, 4.69) is 15.0 Å².